The zero-order valence-corrected chi connectivity index (χ0v) is 21.1. The largest absolute Gasteiger partial charge is 0.393 e. The Labute approximate surface area is 197 Å². The van der Waals surface area contributed by atoms with Crippen molar-refractivity contribution in [3.63, 3.8) is 0 Å². The van der Waals surface area contributed by atoms with Crippen molar-refractivity contribution >= 4 is 11.9 Å². The molecule has 2 N–H and O–H groups in total. The van der Waals surface area contributed by atoms with Gasteiger partial charge in [0.2, 0.25) is 0 Å². The number of aliphatic hydroxyl groups is 2. The monoisotopic (exact) mass is 456 g/mol. The van der Waals surface area contributed by atoms with E-state index in [0.717, 1.165) is 38.5 Å². The van der Waals surface area contributed by atoms with E-state index in [2.05, 4.69) is 13.8 Å². The first-order chi connectivity index (χ1) is 15.6. The molecular weight excluding hydrogens is 404 g/mol. The van der Waals surface area contributed by atoms with E-state index in [-0.39, 0.29) is 5.92 Å². The summed E-state index contributed by atoms with van der Waals surface area (Å²) in [6.45, 7) is 3.71. The van der Waals surface area contributed by atoms with Crippen LogP contribution in [0.2, 0.25) is 0 Å². The van der Waals surface area contributed by atoms with Crippen LogP contribution in [0.4, 0.5) is 0 Å². The lowest BCUT2D eigenvalue weighted by Crippen LogP contribution is -2.31. The Morgan fingerprint density at radius 1 is 0.594 bits per heavy atom. The SMILES string of the molecule is CCCCCCCCCCCCCCC(CCCCCCCC)C(=O)OC(=O)C(O)CO. The molecule has 0 radical (unpaired) electrons. The molecule has 2 atom stereocenters. The second-order valence-corrected chi connectivity index (χ2v) is 9.37. The summed E-state index contributed by atoms with van der Waals surface area (Å²) in [6, 6.07) is 0. The molecule has 0 rings (SSSR count). The van der Waals surface area contributed by atoms with Crippen LogP contribution < -0.4 is 0 Å². The fourth-order valence-corrected chi connectivity index (χ4v) is 4.11. The minimum absolute atomic E-state index is 0.292. The van der Waals surface area contributed by atoms with E-state index in [9.17, 15) is 14.7 Å². The number of unbranched alkanes of at least 4 members (excludes halogenated alkanes) is 16. The van der Waals surface area contributed by atoms with Gasteiger partial charge in [-0.15, -0.1) is 0 Å². The highest BCUT2D eigenvalue weighted by molar-refractivity contribution is 5.88. The molecule has 5 nitrogen and oxygen atoms in total. The maximum atomic E-state index is 12.4. The van der Waals surface area contributed by atoms with Crippen molar-refractivity contribution in [1.29, 1.82) is 0 Å². The molecule has 0 amide bonds. The van der Waals surface area contributed by atoms with Gasteiger partial charge in [0, 0.05) is 0 Å². The first-order valence-electron chi connectivity index (χ1n) is 13.6. The molecule has 5 heteroatoms. The maximum absolute atomic E-state index is 12.4. The molecule has 0 aliphatic rings. The van der Waals surface area contributed by atoms with Crippen LogP contribution in [-0.4, -0.2) is 34.9 Å². The van der Waals surface area contributed by atoms with Gasteiger partial charge >= 0.3 is 11.9 Å². The third-order valence-corrected chi connectivity index (χ3v) is 6.29. The summed E-state index contributed by atoms with van der Waals surface area (Å²) in [4.78, 5) is 24.1. The molecule has 32 heavy (non-hydrogen) atoms. The Bertz CT molecular complexity index is 438. The first kappa shape index (κ1) is 31.1. The third-order valence-electron chi connectivity index (χ3n) is 6.29. The Kier molecular flexibility index (Phi) is 22.5. The molecule has 0 spiro atoms. The number of ether oxygens (including phenoxy) is 1. The van der Waals surface area contributed by atoms with Crippen molar-refractivity contribution in [1.82, 2.24) is 0 Å². The highest BCUT2D eigenvalue weighted by Crippen LogP contribution is 2.21. The normalized spacial score (nSPS) is 13.1. The van der Waals surface area contributed by atoms with Crippen molar-refractivity contribution in [2.45, 2.75) is 148 Å². The van der Waals surface area contributed by atoms with Gasteiger partial charge in [-0.25, -0.2) is 4.79 Å². The van der Waals surface area contributed by atoms with E-state index >= 15 is 0 Å². The van der Waals surface area contributed by atoms with Crippen molar-refractivity contribution in [2.75, 3.05) is 6.61 Å². The molecule has 0 aliphatic carbocycles. The minimum atomic E-state index is -1.64. The molecule has 0 heterocycles. The van der Waals surface area contributed by atoms with Gasteiger partial charge in [-0.05, 0) is 12.8 Å². The van der Waals surface area contributed by atoms with Crippen molar-refractivity contribution < 1.29 is 24.5 Å². The van der Waals surface area contributed by atoms with Gasteiger partial charge in [-0.1, -0.05) is 129 Å². The summed E-state index contributed by atoms with van der Waals surface area (Å²) in [5, 5.41) is 18.2. The van der Waals surface area contributed by atoms with E-state index in [1.54, 1.807) is 0 Å². The molecule has 2 unspecified atom stereocenters. The first-order valence-corrected chi connectivity index (χ1v) is 13.6. The summed E-state index contributed by atoms with van der Waals surface area (Å²) < 4.78 is 4.83. The smallest absolute Gasteiger partial charge is 0.345 e. The van der Waals surface area contributed by atoms with E-state index in [4.69, 9.17) is 9.84 Å². The summed E-state index contributed by atoms with van der Waals surface area (Å²) in [5.74, 6) is -1.88. The van der Waals surface area contributed by atoms with Crippen LogP contribution in [0.5, 0.6) is 0 Å². The zero-order valence-electron chi connectivity index (χ0n) is 21.1. The van der Waals surface area contributed by atoms with Gasteiger partial charge in [0.25, 0.3) is 0 Å². The molecular formula is C27H52O5. The van der Waals surface area contributed by atoms with Crippen LogP contribution in [0.1, 0.15) is 142 Å². The predicted octanol–water partition coefficient (Wildman–Crippen LogP) is 6.87. The molecule has 0 aromatic rings. The van der Waals surface area contributed by atoms with Crippen LogP contribution in [0.15, 0.2) is 0 Å². The minimum Gasteiger partial charge on any atom is -0.393 e. The highest BCUT2D eigenvalue weighted by Gasteiger charge is 2.25. The molecule has 0 aromatic heterocycles. The van der Waals surface area contributed by atoms with Crippen LogP contribution in [-0.2, 0) is 14.3 Å². The summed E-state index contributed by atoms with van der Waals surface area (Å²) in [7, 11) is 0. The zero-order chi connectivity index (χ0) is 23.9. The lowest BCUT2D eigenvalue weighted by Gasteiger charge is -2.16. The Balaban J connectivity index is 4.07. The van der Waals surface area contributed by atoms with E-state index in [0.29, 0.717) is 0 Å². The predicted molar refractivity (Wildman–Crippen MR) is 131 cm³/mol. The number of hydrogen-bond acceptors (Lipinski definition) is 5. The van der Waals surface area contributed by atoms with Gasteiger partial charge in [0.15, 0.2) is 6.10 Å². The Morgan fingerprint density at radius 2 is 0.938 bits per heavy atom. The standard InChI is InChI=1S/C27H52O5/c1-3-5-7-9-11-12-13-14-15-16-18-20-22-24(21-19-17-10-8-6-4-2)26(30)32-27(31)25(29)23-28/h24-25,28-29H,3-23H2,1-2H3. The van der Waals surface area contributed by atoms with Gasteiger partial charge in [0.05, 0.1) is 12.5 Å². The number of rotatable bonds is 23. The van der Waals surface area contributed by atoms with Crippen LogP contribution >= 0.6 is 0 Å². The summed E-state index contributed by atoms with van der Waals surface area (Å²) >= 11 is 0. The average Bonchev–Trinajstić information content (AvgIpc) is 2.79. The highest BCUT2D eigenvalue weighted by atomic mass is 16.6. The molecule has 0 aliphatic heterocycles. The van der Waals surface area contributed by atoms with Crippen molar-refractivity contribution in [3.05, 3.63) is 0 Å². The number of carbonyl (C=O) groups is 2. The maximum Gasteiger partial charge on any atom is 0.345 e. The fraction of sp³-hybridized carbons (Fsp3) is 0.926. The van der Waals surface area contributed by atoms with E-state index < -0.39 is 24.6 Å². The molecule has 0 bridgehead atoms. The number of hydrogen-bond donors (Lipinski definition) is 2. The fourth-order valence-electron chi connectivity index (χ4n) is 4.11. The topological polar surface area (TPSA) is 83.8 Å². The number of esters is 2. The summed E-state index contributed by atoms with van der Waals surface area (Å²) in [5.41, 5.74) is 0. The Hall–Kier alpha value is -0.940. The molecule has 0 fully saturated rings. The summed E-state index contributed by atoms with van der Waals surface area (Å²) in [6.07, 6.45) is 22.0. The van der Waals surface area contributed by atoms with E-state index in [1.165, 1.54) is 89.9 Å². The molecule has 0 saturated heterocycles. The molecule has 190 valence electrons. The third kappa shape index (κ3) is 18.6. The van der Waals surface area contributed by atoms with Gasteiger partial charge in [0.1, 0.15) is 0 Å². The number of carbonyl (C=O) groups excluding carboxylic acids is 2. The lowest BCUT2D eigenvalue weighted by atomic mass is 9.94. The Morgan fingerprint density at radius 3 is 1.28 bits per heavy atom. The molecule has 0 aromatic carbocycles. The van der Waals surface area contributed by atoms with Crippen molar-refractivity contribution in [3.8, 4) is 0 Å². The van der Waals surface area contributed by atoms with Crippen LogP contribution in [0, 0.1) is 5.92 Å². The van der Waals surface area contributed by atoms with Gasteiger partial charge < -0.3 is 14.9 Å². The van der Waals surface area contributed by atoms with Gasteiger partial charge in [-0.3, -0.25) is 4.79 Å². The van der Waals surface area contributed by atoms with Crippen molar-refractivity contribution in [2.24, 2.45) is 5.92 Å². The van der Waals surface area contributed by atoms with E-state index in [1.807, 2.05) is 0 Å². The quantitative estimate of drug-likeness (QED) is 0.0996. The van der Waals surface area contributed by atoms with Crippen LogP contribution in [0.25, 0.3) is 0 Å². The molecule has 0 saturated carbocycles. The van der Waals surface area contributed by atoms with Crippen LogP contribution in [0.3, 0.4) is 0 Å². The average molecular weight is 457 g/mol. The van der Waals surface area contributed by atoms with Gasteiger partial charge in [-0.2, -0.15) is 0 Å². The number of aliphatic hydroxyl groups excluding tert-OH is 2. The lowest BCUT2D eigenvalue weighted by molar-refractivity contribution is -0.170. The second-order valence-electron chi connectivity index (χ2n) is 9.37. The second kappa shape index (κ2) is 23.2.